The van der Waals surface area contributed by atoms with Crippen LogP contribution in [0.3, 0.4) is 0 Å². The maximum absolute atomic E-state index is 9.78. The number of hydrogen-bond donors (Lipinski definition) is 3. The molecule has 4 nitrogen and oxygen atoms in total. The fraction of sp³-hybridized carbons (Fsp3) is 0.333. The van der Waals surface area contributed by atoms with Crippen LogP contribution < -0.4 is 16.2 Å². The van der Waals surface area contributed by atoms with Gasteiger partial charge in [0, 0.05) is 22.6 Å². The largest absolute Gasteiger partial charge is 0.504 e. The number of hydrogen-bond acceptors (Lipinski definition) is 4. The van der Waals surface area contributed by atoms with Gasteiger partial charge in [0.05, 0.1) is 7.11 Å². The minimum atomic E-state index is -0.403. The number of methoxy groups -OCH3 is 1. The lowest BCUT2D eigenvalue weighted by Gasteiger charge is -2.15. The number of aromatic hydroxyl groups is 1. The van der Waals surface area contributed by atoms with E-state index in [4.69, 9.17) is 16.2 Å². The molecular weight excluding hydrogens is 248 g/mol. The average Bonchev–Trinajstić information content (AvgIpc) is 2.18. The summed E-state index contributed by atoms with van der Waals surface area (Å²) in [6, 6.07) is 3.02. The smallest absolute Gasteiger partial charge is 0.163 e. The topological polar surface area (TPSA) is 81.5 Å². The number of nitrogens with two attached hydrogens (primary N) is 2. The Hall–Kier alpha value is -0.780. The van der Waals surface area contributed by atoms with Crippen molar-refractivity contribution in [1.82, 2.24) is 0 Å². The van der Waals surface area contributed by atoms with Gasteiger partial charge in [-0.05, 0) is 12.1 Å². The van der Waals surface area contributed by atoms with Gasteiger partial charge >= 0.3 is 0 Å². The first kappa shape index (κ1) is 11.3. The summed E-state index contributed by atoms with van der Waals surface area (Å²) in [5.74, 6) is 0.437. The van der Waals surface area contributed by atoms with Crippen LogP contribution in [0, 0.1) is 0 Å². The summed E-state index contributed by atoms with van der Waals surface area (Å²) in [5.41, 5.74) is 11.8. The number of rotatable bonds is 3. The van der Waals surface area contributed by atoms with Gasteiger partial charge in [0.1, 0.15) is 0 Å². The van der Waals surface area contributed by atoms with Crippen molar-refractivity contribution in [2.75, 3.05) is 13.7 Å². The van der Waals surface area contributed by atoms with E-state index >= 15 is 0 Å². The molecule has 0 saturated heterocycles. The first-order chi connectivity index (χ1) is 6.61. The van der Waals surface area contributed by atoms with Gasteiger partial charge in [-0.2, -0.15) is 0 Å². The molecule has 0 bridgehead atoms. The maximum Gasteiger partial charge on any atom is 0.163 e. The molecular formula is C9H13BrN2O2. The highest BCUT2D eigenvalue weighted by Gasteiger charge is 2.16. The zero-order chi connectivity index (χ0) is 10.7. The van der Waals surface area contributed by atoms with Gasteiger partial charge in [0.2, 0.25) is 0 Å². The Morgan fingerprint density at radius 1 is 1.57 bits per heavy atom. The highest BCUT2D eigenvalue weighted by Crippen LogP contribution is 2.37. The van der Waals surface area contributed by atoms with E-state index in [1.807, 2.05) is 0 Å². The Labute approximate surface area is 91.0 Å². The third-order valence-corrected chi connectivity index (χ3v) is 2.66. The average molecular weight is 261 g/mol. The molecule has 0 saturated carbocycles. The molecule has 0 aliphatic carbocycles. The normalized spacial score (nSPS) is 12.6. The molecule has 1 aromatic rings. The van der Waals surface area contributed by atoms with E-state index < -0.39 is 6.04 Å². The van der Waals surface area contributed by atoms with Crippen LogP contribution in [0.1, 0.15) is 11.6 Å². The van der Waals surface area contributed by atoms with Crippen LogP contribution in [-0.2, 0) is 0 Å². The summed E-state index contributed by atoms with van der Waals surface area (Å²) < 4.78 is 5.70. The molecule has 0 spiro atoms. The monoisotopic (exact) mass is 260 g/mol. The van der Waals surface area contributed by atoms with Crippen LogP contribution in [0.25, 0.3) is 0 Å². The number of ether oxygens (including phenoxy) is 1. The number of phenolic OH excluding ortho intramolecular Hbond substituents is 1. The van der Waals surface area contributed by atoms with Gasteiger partial charge in [-0.1, -0.05) is 15.9 Å². The van der Waals surface area contributed by atoms with Gasteiger partial charge in [0.15, 0.2) is 11.5 Å². The third kappa shape index (κ3) is 2.00. The number of benzene rings is 1. The fourth-order valence-corrected chi connectivity index (χ4v) is 1.81. The molecule has 1 rings (SSSR count). The van der Waals surface area contributed by atoms with Crippen LogP contribution in [0.15, 0.2) is 16.6 Å². The molecule has 0 heterocycles. The molecule has 0 radical (unpaired) electrons. The van der Waals surface area contributed by atoms with E-state index in [0.29, 0.717) is 11.3 Å². The molecule has 1 atom stereocenters. The van der Waals surface area contributed by atoms with Crippen molar-refractivity contribution in [3.05, 3.63) is 22.2 Å². The van der Waals surface area contributed by atoms with Crippen LogP contribution in [0.5, 0.6) is 11.5 Å². The summed E-state index contributed by atoms with van der Waals surface area (Å²) in [5, 5.41) is 9.78. The number of halogens is 1. The molecule has 0 aromatic heterocycles. The quantitative estimate of drug-likeness (QED) is 0.761. The second-order valence-electron chi connectivity index (χ2n) is 2.85. The number of phenols is 1. The standard InChI is InChI=1S/C9H13BrN2O2/c1-14-7-3-2-5(10)8(9(7)13)6(12)4-11/h2-3,6,13H,4,11-12H2,1H3/t6-/m1/s1. The molecule has 0 fully saturated rings. The van der Waals surface area contributed by atoms with Crippen molar-refractivity contribution in [3.8, 4) is 11.5 Å². The van der Waals surface area contributed by atoms with Gasteiger partial charge in [0.25, 0.3) is 0 Å². The van der Waals surface area contributed by atoms with Crippen molar-refractivity contribution >= 4 is 15.9 Å². The van der Waals surface area contributed by atoms with Crippen molar-refractivity contribution in [1.29, 1.82) is 0 Å². The lowest BCUT2D eigenvalue weighted by atomic mass is 10.1. The van der Waals surface area contributed by atoms with Crippen molar-refractivity contribution < 1.29 is 9.84 Å². The molecule has 1 aromatic carbocycles. The lowest BCUT2D eigenvalue weighted by molar-refractivity contribution is 0.368. The predicted molar refractivity (Wildman–Crippen MR) is 58.3 cm³/mol. The highest BCUT2D eigenvalue weighted by atomic mass is 79.9. The van der Waals surface area contributed by atoms with Crippen LogP contribution >= 0.6 is 15.9 Å². The second-order valence-corrected chi connectivity index (χ2v) is 3.71. The fourth-order valence-electron chi connectivity index (χ4n) is 1.20. The molecule has 0 aliphatic heterocycles. The van der Waals surface area contributed by atoms with Crippen molar-refractivity contribution in [2.24, 2.45) is 11.5 Å². The zero-order valence-electron chi connectivity index (χ0n) is 7.83. The molecule has 14 heavy (non-hydrogen) atoms. The minimum Gasteiger partial charge on any atom is -0.504 e. The molecule has 5 N–H and O–H groups in total. The van der Waals surface area contributed by atoms with E-state index in [1.165, 1.54) is 7.11 Å². The van der Waals surface area contributed by atoms with Gasteiger partial charge in [-0.3, -0.25) is 0 Å². The Bertz CT molecular complexity index is 331. The van der Waals surface area contributed by atoms with Gasteiger partial charge < -0.3 is 21.3 Å². The summed E-state index contributed by atoms with van der Waals surface area (Å²) in [7, 11) is 1.49. The van der Waals surface area contributed by atoms with E-state index in [-0.39, 0.29) is 12.3 Å². The summed E-state index contributed by atoms with van der Waals surface area (Å²) in [6.45, 7) is 0.263. The van der Waals surface area contributed by atoms with E-state index in [0.717, 1.165) is 4.47 Å². The Morgan fingerprint density at radius 3 is 2.71 bits per heavy atom. The molecule has 0 unspecified atom stereocenters. The Balaban J connectivity index is 3.25. The summed E-state index contributed by atoms with van der Waals surface area (Å²) in [4.78, 5) is 0. The SMILES string of the molecule is COc1ccc(Br)c([C@H](N)CN)c1O. The van der Waals surface area contributed by atoms with E-state index in [2.05, 4.69) is 15.9 Å². The molecule has 5 heteroatoms. The van der Waals surface area contributed by atoms with Gasteiger partial charge in [-0.25, -0.2) is 0 Å². The first-order valence-corrected chi connectivity index (χ1v) is 4.92. The van der Waals surface area contributed by atoms with E-state index in [9.17, 15) is 5.11 Å². The summed E-state index contributed by atoms with van der Waals surface area (Å²) >= 11 is 3.30. The summed E-state index contributed by atoms with van der Waals surface area (Å²) in [6.07, 6.45) is 0. The van der Waals surface area contributed by atoms with Crippen LogP contribution in [0.4, 0.5) is 0 Å². The molecule has 0 amide bonds. The molecule has 0 aliphatic rings. The van der Waals surface area contributed by atoms with Crippen LogP contribution in [-0.4, -0.2) is 18.8 Å². The van der Waals surface area contributed by atoms with E-state index in [1.54, 1.807) is 12.1 Å². The third-order valence-electron chi connectivity index (χ3n) is 1.97. The van der Waals surface area contributed by atoms with Crippen molar-refractivity contribution in [3.63, 3.8) is 0 Å². The minimum absolute atomic E-state index is 0.0415. The Morgan fingerprint density at radius 2 is 2.21 bits per heavy atom. The highest BCUT2D eigenvalue weighted by molar-refractivity contribution is 9.10. The maximum atomic E-state index is 9.78. The molecule has 78 valence electrons. The second kappa shape index (κ2) is 4.63. The first-order valence-electron chi connectivity index (χ1n) is 4.12. The Kier molecular flexibility index (Phi) is 3.74. The van der Waals surface area contributed by atoms with Gasteiger partial charge in [-0.15, -0.1) is 0 Å². The van der Waals surface area contributed by atoms with Crippen LogP contribution in [0.2, 0.25) is 0 Å². The predicted octanol–water partition coefficient (Wildman–Crippen LogP) is 1.12. The van der Waals surface area contributed by atoms with Crippen molar-refractivity contribution in [2.45, 2.75) is 6.04 Å². The zero-order valence-corrected chi connectivity index (χ0v) is 9.41. The lowest BCUT2D eigenvalue weighted by Crippen LogP contribution is -2.21.